The molecule has 0 radical (unpaired) electrons. The van der Waals surface area contributed by atoms with Crippen molar-refractivity contribution in [2.75, 3.05) is 46.9 Å². The minimum Gasteiger partial charge on any atom is -0.378 e. The highest BCUT2D eigenvalue weighted by Gasteiger charge is 2.38. The number of morpholine rings is 1. The number of hydrogen-bond acceptors (Lipinski definition) is 5. The van der Waals surface area contributed by atoms with Crippen molar-refractivity contribution < 1.29 is 14.3 Å². The van der Waals surface area contributed by atoms with Crippen LogP contribution in [0.25, 0.3) is 0 Å². The molecule has 0 bridgehead atoms. The van der Waals surface area contributed by atoms with Crippen molar-refractivity contribution in [1.82, 2.24) is 20.4 Å². The summed E-state index contributed by atoms with van der Waals surface area (Å²) >= 11 is 0. The third kappa shape index (κ3) is 8.14. The fraction of sp³-hybridized carbons (Fsp3) is 0.677. The Labute approximate surface area is 231 Å². The normalized spacial score (nSPS) is 17.8. The Morgan fingerprint density at radius 3 is 2.16 bits per heavy atom. The van der Waals surface area contributed by atoms with Gasteiger partial charge in [-0.3, -0.25) is 9.59 Å². The summed E-state index contributed by atoms with van der Waals surface area (Å²) in [5, 5.41) is 7.10. The summed E-state index contributed by atoms with van der Waals surface area (Å²) in [7, 11) is 3.84. The molecule has 2 amide bonds. The van der Waals surface area contributed by atoms with Crippen molar-refractivity contribution in [2.24, 2.45) is 11.3 Å². The first-order chi connectivity index (χ1) is 17.7. The average molecular weight is 529 g/mol. The van der Waals surface area contributed by atoms with E-state index in [-0.39, 0.29) is 46.7 Å². The molecule has 1 heterocycles. The van der Waals surface area contributed by atoms with Crippen LogP contribution in [-0.2, 0) is 19.7 Å². The van der Waals surface area contributed by atoms with Crippen molar-refractivity contribution in [1.29, 1.82) is 0 Å². The van der Waals surface area contributed by atoms with Crippen molar-refractivity contribution in [3.63, 3.8) is 0 Å². The molecule has 38 heavy (non-hydrogen) atoms. The number of rotatable bonds is 11. The summed E-state index contributed by atoms with van der Waals surface area (Å²) in [6, 6.07) is 10.0. The number of ether oxygens (including phenoxy) is 1. The van der Waals surface area contributed by atoms with Gasteiger partial charge in [0.15, 0.2) is 0 Å². The number of amides is 2. The van der Waals surface area contributed by atoms with E-state index in [2.05, 4.69) is 83.4 Å². The van der Waals surface area contributed by atoms with Gasteiger partial charge in [0.05, 0.1) is 25.3 Å². The lowest BCUT2D eigenvalue weighted by Gasteiger charge is -2.40. The Balaban J connectivity index is 2.23. The van der Waals surface area contributed by atoms with Crippen LogP contribution in [-0.4, -0.2) is 86.7 Å². The minimum atomic E-state index is -0.389. The van der Waals surface area contributed by atoms with Gasteiger partial charge < -0.3 is 25.2 Å². The van der Waals surface area contributed by atoms with Crippen LogP contribution in [0.5, 0.6) is 0 Å². The van der Waals surface area contributed by atoms with Gasteiger partial charge in [0, 0.05) is 43.7 Å². The van der Waals surface area contributed by atoms with Crippen LogP contribution in [0.4, 0.5) is 0 Å². The highest BCUT2D eigenvalue weighted by Crippen LogP contribution is 2.28. The quantitative estimate of drug-likeness (QED) is 0.427. The molecule has 1 aromatic rings. The first kappa shape index (κ1) is 32.0. The standard InChI is InChI=1S/C31H52N4O3/c1-22(2)25(20-23(3)28(36)35-16-18-38-19-17-35)34(10)29(37)27(30(4,5)6)33-21-26(32-9)31(7,8)24-14-12-11-13-15-24/h11-15,20,22,25-27,32-33H,16-19,21H2,1-10H3/t25-,26-,27-/m1/s1. The molecular formula is C31H52N4O3. The Morgan fingerprint density at radius 1 is 1.08 bits per heavy atom. The third-order valence-corrected chi connectivity index (χ3v) is 7.91. The Kier molecular flexibility index (Phi) is 11.6. The number of hydrogen-bond donors (Lipinski definition) is 2. The van der Waals surface area contributed by atoms with Gasteiger partial charge in [-0.25, -0.2) is 0 Å². The van der Waals surface area contributed by atoms with Crippen molar-refractivity contribution >= 4 is 11.8 Å². The molecular weight excluding hydrogens is 476 g/mol. The highest BCUT2D eigenvalue weighted by molar-refractivity contribution is 5.93. The third-order valence-electron chi connectivity index (χ3n) is 7.91. The molecule has 2 N–H and O–H groups in total. The number of carbonyl (C=O) groups is 2. The highest BCUT2D eigenvalue weighted by atomic mass is 16.5. The molecule has 0 spiro atoms. The summed E-state index contributed by atoms with van der Waals surface area (Å²) in [5.41, 5.74) is 1.48. The zero-order valence-corrected chi connectivity index (χ0v) is 25.4. The molecule has 7 heteroatoms. The summed E-state index contributed by atoms with van der Waals surface area (Å²) in [5.74, 6) is 0.204. The molecule has 0 saturated carbocycles. The second-order valence-corrected chi connectivity index (χ2v) is 12.6. The summed E-state index contributed by atoms with van der Waals surface area (Å²) in [4.78, 5) is 30.7. The van der Waals surface area contributed by atoms with E-state index in [4.69, 9.17) is 4.74 Å². The van der Waals surface area contributed by atoms with Gasteiger partial charge in [0.2, 0.25) is 11.8 Å². The first-order valence-electron chi connectivity index (χ1n) is 14.0. The topological polar surface area (TPSA) is 73.9 Å². The maximum Gasteiger partial charge on any atom is 0.249 e. The minimum absolute atomic E-state index is 0.0188. The average Bonchev–Trinajstić information content (AvgIpc) is 2.88. The van der Waals surface area contributed by atoms with Gasteiger partial charge in [0.1, 0.15) is 0 Å². The van der Waals surface area contributed by atoms with Crippen molar-refractivity contribution in [3.05, 3.63) is 47.5 Å². The van der Waals surface area contributed by atoms with Crippen molar-refractivity contribution in [3.8, 4) is 0 Å². The van der Waals surface area contributed by atoms with Crippen LogP contribution in [0.2, 0.25) is 0 Å². The van der Waals surface area contributed by atoms with E-state index >= 15 is 0 Å². The van der Waals surface area contributed by atoms with Crippen LogP contribution < -0.4 is 10.6 Å². The number of carbonyl (C=O) groups excluding carboxylic acids is 2. The summed E-state index contributed by atoms with van der Waals surface area (Å²) in [6.45, 7) is 19.8. The number of benzene rings is 1. The summed E-state index contributed by atoms with van der Waals surface area (Å²) in [6.07, 6.45) is 1.97. The molecule has 1 saturated heterocycles. The molecule has 0 aromatic heterocycles. The van der Waals surface area contributed by atoms with E-state index in [1.54, 1.807) is 0 Å². The lowest BCUT2D eigenvalue weighted by molar-refractivity contribution is -0.137. The van der Waals surface area contributed by atoms with Gasteiger partial charge in [-0.05, 0) is 30.9 Å². The lowest BCUT2D eigenvalue weighted by Crippen LogP contribution is -2.59. The lowest BCUT2D eigenvalue weighted by atomic mass is 9.77. The van der Waals surface area contributed by atoms with Crippen molar-refractivity contribution in [2.45, 2.75) is 78.9 Å². The van der Waals surface area contributed by atoms with Gasteiger partial charge in [0.25, 0.3) is 0 Å². The first-order valence-corrected chi connectivity index (χ1v) is 14.0. The number of nitrogens with zero attached hydrogens (tertiary/aromatic N) is 2. The second-order valence-electron chi connectivity index (χ2n) is 12.6. The van der Waals surface area contributed by atoms with E-state index in [9.17, 15) is 9.59 Å². The molecule has 1 aliphatic heterocycles. The van der Waals surface area contributed by atoms with E-state index in [0.717, 1.165) is 0 Å². The predicted molar refractivity (Wildman–Crippen MR) is 156 cm³/mol. The molecule has 1 fully saturated rings. The predicted octanol–water partition coefficient (Wildman–Crippen LogP) is 3.84. The Morgan fingerprint density at radius 2 is 1.66 bits per heavy atom. The SMILES string of the molecule is CN[C@H](CN[C@H](C(=O)N(C)[C@H](C=C(C)C(=O)N1CCOCC1)C(C)C)C(C)(C)C)C(C)(C)c1ccccc1. The van der Waals surface area contributed by atoms with Gasteiger partial charge in [-0.15, -0.1) is 0 Å². The Hall–Kier alpha value is -2.22. The molecule has 2 rings (SSSR count). The van der Waals surface area contributed by atoms with Crippen LogP contribution in [0.3, 0.4) is 0 Å². The molecule has 214 valence electrons. The monoisotopic (exact) mass is 528 g/mol. The largest absolute Gasteiger partial charge is 0.378 e. The van der Waals surface area contributed by atoms with E-state index < -0.39 is 0 Å². The second kappa shape index (κ2) is 13.7. The molecule has 0 aliphatic carbocycles. The molecule has 0 unspecified atom stereocenters. The van der Waals surface area contributed by atoms with Crippen LogP contribution in [0, 0.1) is 11.3 Å². The van der Waals surface area contributed by atoms with Crippen LogP contribution >= 0.6 is 0 Å². The molecule has 1 aromatic carbocycles. The van der Waals surface area contributed by atoms with E-state index in [1.165, 1.54) is 5.56 Å². The van der Waals surface area contributed by atoms with Gasteiger partial charge in [-0.2, -0.15) is 0 Å². The van der Waals surface area contributed by atoms with Crippen LogP contribution in [0.15, 0.2) is 42.0 Å². The smallest absolute Gasteiger partial charge is 0.249 e. The maximum atomic E-state index is 14.0. The number of likely N-dealkylation sites (N-methyl/N-ethyl adjacent to an activating group) is 2. The fourth-order valence-corrected chi connectivity index (χ4v) is 5.23. The Bertz CT molecular complexity index is 930. The number of nitrogens with one attached hydrogen (secondary N) is 2. The molecule has 3 atom stereocenters. The van der Waals surface area contributed by atoms with E-state index in [0.29, 0.717) is 38.4 Å². The zero-order valence-electron chi connectivity index (χ0n) is 25.4. The zero-order chi connectivity index (χ0) is 28.7. The van der Waals surface area contributed by atoms with Crippen LogP contribution in [0.1, 0.15) is 61.0 Å². The van der Waals surface area contributed by atoms with Gasteiger partial charge in [-0.1, -0.05) is 84.9 Å². The maximum absolute atomic E-state index is 14.0. The molecule has 1 aliphatic rings. The fourth-order valence-electron chi connectivity index (χ4n) is 5.23. The molecule has 7 nitrogen and oxygen atoms in total. The van der Waals surface area contributed by atoms with E-state index in [1.807, 2.05) is 43.0 Å². The summed E-state index contributed by atoms with van der Waals surface area (Å²) < 4.78 is 5.39. The van der Waals surface area contributed by atoms with Gasteiger partial charge >= 0.3 is 0 Å².